The summed E-state index contributed by atoms with van der Waals surface area (Å²) in [6, 6.07) is 8.13. The minimum atomic E-state index is 0.0349. The second kappa shape index (κ2) is 9.83. The van der Waals surface area contributed by atoms with Crippen LogP contribution in [0.25, 0.3) is 0 Å². The third kappa shape index (κ3) is 7.87. The Labute approximate surface area is 118 Å². The van der Waals surface area contributed by atoms with Crippen molar-refractivity contribution in [3.63, 3.8) is 0 Å². The molecule has 0 spiro atoms. The van der Waals surface area contributed by atoms with Gasteiger partial charge in [-0.2, -0.15) is 0 Å². The van der Waals surface area contributed by atoms with Gasteiger partial charge in [0.2, 0.25) is 5.91 Å². The van der Waals surface area contributed by atoms with Crippen molar-refractivity contribution >= 4 is 17.7 Å². The highest BCUT2D eigenvalue weighted by Crippen LogP contribution is 2.17. The SMILES string of the molecule is Cc1ccc(SCC(=O)NCCCOCCO)cc1. The summed E-state index contributed by atoms with van der Waals surface area (Å²) in [5.74, 6) is 0.466. The van der Waals surface area contributed by atoms with E-state index in [1.54, 1.807) is 0 Å². The summed E-state index contributed by atoms with van der Waals surface area (Å²) in [6.45, 7) is 3.61. The Bertz CT molecular complexity index is 367. The van der Waals surface area contributed by atoms with Gasteiger partial charge in [0.1, 0.15) is 0 Å². The quantitative estimate of drug-likeness (QED) is 0.534. The highest BCUT2D eigenvalue weighted by molar-refractivity contribution is 8.00. The molecule has 1 rings (SSSR count). The average Bonchev–Trinajstić information content (AvgIpc) is 2.42. The Morgan fingerprint density at radius 1 is 1.32 bits per heavy atom. The second-order valence-electron chi connectivity index (χ2n) is 4.14. The molecule has 19 heavy (non-hydrogen) atoms. The van der Waals surface area contributed by atoms with E-state index in [2.05, 4.69) is 5.32 Å². The number of hydrogen-bond acceptors (Lipinski definition) is 4. The third-order valence-corrected chi connectivity index (χ3v) is 3.43. The zero-order chi connectivity index (χ0) is 13.9. The molecule has 0 heterocycles. The van der Waals surface area contributed by atoms with Crippen molar-refractivity contribution < 1.29 is 14.6 Å². The predicted molar refractivity (Wildman–Crippen MR) is 77.4 cm³/mol. The van der Waals surface area contributed by atoms with E-state index in [0.29, 0.717) is 25.5 Å². The van der Waals surface area contributed by atoms with Crippen molar-refractivity contribution in [2.45, 2.75) is 18.2 Å². The van der Waals surface area contributed by atoms with E-state index in [-0.39, 0.29) is 12.5 Å². The van der Waals surface area contributed by atoms with Crippen LogP contribution in [0.4, 0.5) is 0 Å². The predicted octanol–water partition coefficient (Wildman–Crippen LogP) is 1.60. The van der Waals surface area contributed by atoms with Crippen LogP contribution in [-0.4, -0.2) is 43.1 Å². The number of benzene rings is 1. The minimum absolute atomic E-state index is 0.0349. The second-order valence-corrected chi connectivity index (χ2v) is 5.19. The highest BCUT2D eigenvalue weighted by atomic mass is 32.2. The standard InChI is InChI=1S/C14H21NO3S/c1-12-3-5-13(6-4-12)19-11-14(17)15-7-2-9-18-10-8-16/h3-6,16H,2,7-11H2,1H3,(H,15,17). The number of rotatable bonds is 9. The number of carbonyl (C=O) groups excluding carboxylic acids is 1. The van der Waals surface area contributed by atoms with E-state index in [4.69, 9.17) is 9.84 Å². The first-order chi connectivity index (χ1) is 9.22. The van der Waals surface area contributed by atoms with Crippen LogP contribution >= 0.6 is 11.8 Å². The normalized spacial score (nSPS) is 10.4. The number of aliphatic hydroxyl groups excluding tert-OH is 1. The Balaban J connectivity index is 2.06. The maximum absolute atomic E-state index is 11.6. The number of aryl methyl sites for hydroxylation is 1. The lowest BCUT2D eigenvalue weighted by Gasteiger charge is -2.06. The van der Waals surface area contributed by atoms with E-state index in [9.17, 15) is 4.79 Å². The van der Waals surface area contributed by atoms with Gasteiger partial charge in [0, 0.05) is 18.0 Å². The molecule has 1 amide bonds. The summed E-state index contributed by atoms with van der Waals surface area (Å²) in [4.78, 5) is 12.7. The first-order valence-corrected chi connectivity index (χ1v) is 7.35. The number of ether oxygens (including phenoxy) is 1. The van der Waals surface area contributed by atoms with Crippen molar-refractivity contribution in [1.82, 2.24) is 5.32 Å². The molecular weight excluding hydrogens is 262 g/mol. The summed E-state index contributed by atoms with van der Waals surface area (Å²) < 4.78 is 5.10. The van der Waals surface area contributed by atoms with Gasteiger partial charge in [-0.05, 0) is 25.5 Å². The van der Waals surface area contributed by atoms with Crippen molar-refractivity contribution in [3.8, 4) is 0 Å². The molecule has 0 saturated carbocycles. The van der Waals surface area contributed by atoms with Crippen LogP contribution in [0.5, 0.6) is 0 Å². The molecule has 0 aliphatic rings. The first kappa shape index (κ1) is 16.0. The number of aliphatic hydroxyl groups is 1. The summed E-state index contributed by atoms with van der Waals surface area (Å²) in [5.41, 5.74) is 1.22. The van der Waals surface area contributed by atoms with E-state index < -0.39 is 0 Å². The molecule has 1 aromatic carbocycles. The van der Waals surface area contributed by atoms with Crippen LogP contribution in [0.3, 0.4) is 0 Å². The van der Waals surface area contributed by atoms with Gasteiger partial charge >= 0.3 is 0 Å². The summed E-state index contributed by atoms with van der Waals surface area (Å²) in [6.07, 6.45) is 0.765. The first-order valence-electron chi connectivity index (χ1n) is 6.37. The van der Waals surface area contributed by atoms with Crippen molar-refractivity contribution in [2.75, 3.05) is 32.1 Å². The number of thioether (sulfide) groups is 1. The molecule has 5 heteroatoms. The Kier molecular flexibility index (Phi) is 8.29. The van der Waals surface area contributed by atoms with Gasteiger partial charge in [0.15, 0.2) is 0 Å². The summed E-state index contributed by atoms with van der Waals surface area (Å²) in [7, 11) is 0. The maximum Gasteiger partial charge on any atom is 0.230 e. The molecule has 1 aromatic rings. The fourth-order valence-corrected chi connectivity index (χ4v) is 2.13. The Morgan fingerprint density at radius 3 is 2.74 bits per heavy atom. The van der Waals surface area contributed by atoms with E-state index in [1.165, 1.54) is 17.3 Å². The van der Waals surface area contributed by atoms with E-state index in [0.717, 1.165) is 11.3 Å². The number of nitrogens with one attached hydrogen (secondary N) is 1. The highest BCUT2D eigenvalue weighted by Gasteiger charge is 2.02. The molecule has 0 aromatic heterocycles. The summed E-state index contributed by atoms with van der Waals surface area (Å²) >= 11 is 1.53. The van der Waals surface area contributed by atoms with Gasteiger partial charge in [-0.15, -0.1) is 11.8 Å². The molecule has 0 aliphatic heterocycles. The van der Waals surface area contributed by atoms with Crippen molar-refractivity contribution in [1.29, 1.82) is 0 Å². The van der Waals surface area contributed by atoms with Crippen LogP contribution in [0, 0.1) is 6.92 Å². The van der Waals surface area contributed by atoms with Crippen LogP contribution in [0.1, 0.15) is 12.0 Å². The number of hydrogen-bond donors (Lipinski definition) is 2. The van der Waals surface area contributed by atoms with Crippen molar-refractivity contribution in [3.05, 3.63) is 29.8 Å². The zero-order valence-corrected chi connectivity index (χ0v) is 12.0. The van der Waals surface area contributed by atoms with Gasteiger partial charge in [0.25, 0.3) is 0 Å². The molecule has 0 radical (unpaired) electrons. The molecule has 0 atom stereocenters. The van der Waals surface area contributed by atoms with Crippen LogP contribution in [-0.2, 0) is 9.53 Å². The minimum Gasteiger partial charge on any atom is -0.394 e. The van der Waals surface area contributed by atoms with Crippen LogP contribution in [0.15, 0.2) is 29.2 Å². The number of carbonyl (C=O) groups is 1. The van der Waals surface area contributed by atoms with Gasteiger partial charge in [0.05, 0.1) is 19.0 Å². The van der Waals surface area contributed by atoms with Gasteiger partial charge in [-0.1, -0.05) is 17.7 Å². The lowest BCUT2D eigenvalue weighted by molar-refractivity contribution is -0.118. The molecule has 106 valence electrons. The molecule has 2 N–H and O–H groups in total. The Hall–Kier alpha value is -1.04. The average molecular weight is 283 g/mol. The Morgan fingerprint density at radius 2 is 2.05 bits per heavy atom. The molecule has 0 saturated heterocycles. The molecule has 0 fully saturated rings. The van der Waals surface area contributed by atoms with Crippen molar-refractivity contribution in [2.24, 2.45) is 0 Å². The molecule has 0 unspecified atom stereocenters. The zero-order valence-electron chi connectivity index (χ0n) is 11.2. The fourth-order valence-electron chi connectivity index (χ4n) is 1.40. The summed E-state index contributed by atoms with van der Waals surface area (Å²) in [5, 5.41) is 11.3. The largest absolute Gasteiger partial charge is 0.394 e. The van der Waals surface area contributed by atoms with Crippen LogP contribution in [0.2, 0.25) is 0 Å². The monoisotopic (exact) mass is 283 g/mol. The maximum atomic E-state index is 11.6. The van der Waals surface area contributed by atoms with Gasteiger partial charge < -0.3 is 15.2 Å². The van der Waals surface area contributed by atoms with Gasteiger partial charge in [-0.25, -0.2) is 0 Å². The topological polar surface area (TPSA) is 58.6 Å². The lowest BCUT2D eigenvalue weighted by Crippen LogP contribution is -2.26. The molecule has 0 bridgehead atoms. The van der Waals surface area contributed by atoms with E-state index >= 15 is 0 Å². The fraction of sp³-hybridized carbons (Fsp3) is 0.500. The molecule has 0 aliphatic carbocycles. The molecule has 4 nitrogen and oxygen atoms in total. The third-order valence-electron chi connectivity index (χ3n) is 2.41. The van der Waals surface area contributed by atoms with E-state index in [1.807, 2.05) is 31.2 Å². The number of amides is 1. The van der Waals surface area contributed by atoms with Crippen LogP contribution < -0.4 is 5.32 Å². The smallest absolute Gasteiger partial charge is 0.230 e. The molecular formula is C14H21NO3S. The lowest BCUT2D eigenvalue weighted by atomic mass is 10.2. The van der Waals surface area contributed by atoms with Gasteiger partial charge in [-0.3, -0.25) is 4.79 Å².